The molecule has 1 aromatic carbocycles. The maximum atomic E-state index is 12.2. The quantitative estimate of drug-likeness (QED) is 0.914. The van der Waals surface area contributed by atoms with Crippen LogP contribution in [-0.2, 0) is 5.41 Å². The number of furan rings is 1. The van der Waals surface area contributed by atoms with Crippen LogP contribution in [0.15, 0.2) is 40.8 Å². The van der Waals surface area contributed by atoms with Gasteiger partial charge in [-0.25, -0.2) is 0 Å². The Morgan fingerprint density at radius 1 is 1.17 bits per heavy atom. The Bertz CT molecular complexity index is 674. The van der Waals surface area contributed by atoms with E-state index >= 15 is 0 Å². The van der Waals surface area contributed by atoms with Crippen molar-refractivity contribution in [2.75, 3.05) is 13.1 Å². The van der Waals surface area contributed by atoms with Crippen LogP contribution in [0, 0.1) is 0 Å². The highest BCUT2D eigenvalue weighted by atomic mass is 16.3. The van der Waals surface area contributed by atoms with Gasteiger partial charge in [0, 0.05) is 18.2 Å². The number of hydrogen-bond acceptors (Lipinski definition) is 3. The summed E-state index contributed by atoms with van der Waals surface area (Å²) >= 11 is 0. The number of carbonyl (C=O) groups is 1. The van der Waals surface area contributed by atoms with Crippen LogP contribution in [0.2, 0.25) is 0 Å². The summed E-state index contributed by atoms with van der Waals surface area (Å²) < 4.78 is 5.73. The summed E-state index contributed by atoms with van der Waals surface area (Å²) in [6.07, 6.45) is 0.966. The molecule has 4 nitrogen and oxygen atoms in total. The second kappa shape index (κ2) is 6.20. The van der Waals surface area contributed by atoms with Crippen LogP contribution < -0.4 is 10.6 Å². The smallest absolute Gasteiger partial charge is 0.287 e. The molecule has 2 N–H and O–H groups in total. The van der Waals surface area contributed by atoms with Gasteiger partial charge in [-0.3, -0.25) is 4.79 Å². The van der Waals surface area contributed by atoms with Crippen molar-refractivity contribution >= 4 is 5.91 Å². The van der Waals surface area contributed by atoms with Gasteiger partial charge in [0.25, 0.3) is 5.91 Å². The first-order chi connectivity index (χ1) is 10.9. The van der Waals surface area contributed by atoms with Crippen molar-refractivity contribution in [3.05, 3.63) is 47.7 Å². The van der Waals surface area contributed by atoms with E-state index in [9.17, 15) is 4.79 Å². The zero-order valence-electron chi connectivity index (χ0n) is 14.0. The number of amides is 1. The molecular formula is C19H24N2O2. The Morgan fingerprint density at radius 3 is 2.52 bits per heavy atom. The van der Waals surface area contributed by atoms with E-state index in [0.29, 0.717) is 5.76 Å². The van der Waals surface area contributed by atoms with Gasteiger partial charge in [0.05, 0.1) is 0 Å². The van der Waals surface area contributed by atoms with E-state index < -0.39 is 0 Å². The van der Waals surface area contributed by atoms with E-state index in [-0.39, 0.29) is 17.4 Å². The van der Waals surface area contributed by atoms with Gasteiger partial charge in [-0.05, 0) is 36.1 Å². The second-order valence-electron chi connectivity index (χ2n) is 7.15. The lowest BCUT2D eigenvalue weighted by atomic mass is 9.86. The molecule has 0 radical (unpaired) electrons. The first kappa shape index (κ1) is 15.8. The topological polar surface area (TPSA) is 54.3 Å². The molecule has 2 heterocycles. The monoisotopic (exact) mass is 312 g/mol. The molecule has 23 heavy (non-hydrogen) atoms. The van der Waals surface area contributed by atoms with Crippen molar-refractivity contribution in [2.24, 2.45) is 0 Å². The Labute approximate surface area is 137 Å². The molecule has 0 bridgehead atoms. The third-order valence-corrected chi connectivity index (χ3v) is 4.26. The van der Waals surface area contributed by atoms with Gasteiger partial charge in [-0.1, -0.05) is 45.0 Å². The lowest BCUT2D eigenvalue weighted by Crippen LogP contribution is -2.35. The van der Waals surface area contributed by atoms with Gasteiger partial charge >= 0.3 is 0 Å². The zero-order valence-corrected chi connectivity index (χ0v) is 14.0. The number of nitrogens with one attached hydrogen (secondary N) is 2. The highest BCUT2D eigenvalue weighted by molar-refractivity contribution is 5.92. The SMILES string of the molecule is CC(C)(C)c1ccc(-c2ccc(C(=O)NC3CCNC3)o2)cc1. The number of hydrogen-bond donors (Lipinski definition) is 2. The molecule has 1 aromatic heterocycles. The largest absolute Gasteiger partial charge is 0.451 e. The summed E-state index contributed by atoms with van der Waals surface area (Å²) in [4.78, 5) is 12.2. The minimum atomic E-state index is -0.142. The molecule has 1 unspecified atom stereocenters. The molecule has 1 atom stereocenters. The molecule has 0 saturated carbocycles. The summed E-state index contributed by atoms with van der Waals surface area (Å²) in [6, 6.07) is 12.1. The highest BCUT2D eigenvalue weighted by Gasteiger charge is 2.20. The van der Waals surface area contributed by atoms with Gasteiger partial charge in [-0.2, -0.15) is 0 Å². The first-order valence-electron chi connectivity index (χ1n) is 8.16. The third-order valence-electron chi connectivity index (χ3n) is 4.26. The number of rotatable bonds is 3. The first-order valence-corrected chi connectivity index (χ1v) is 8.16. The van der Waals surface area contributed by atoms with E-state index in [4.69, 9.17) is 4.42 Å². The van der Waals surface area contributed by atoms with E-state index in [0.717, 1.165) is 30.8 Å². The Morgan fingerprint density at radius 2 is 1.91 bits per heavy atom. The maximum absolute atomic E-state index is 12.2. The van der Waals surface area contributed by atoms with E-state index in [1.165, 1.54) is 5.56 Å². The molecule has 0 aliphatic carbocycles. The van der Waals surface area contributed by atoms with Crippen molar-refractivity contribution in [1.29, 1.82) is 0 Å². The molecule has 4 heteroatoms. The van der Waals surface area contributed by atoms with Gasteiger partial charge < -0.3 is 15.1 Å². The minimum Gasteiger partial charge on any atom is -0.451 e. The highest BCUT2D eigenvalue weighted by Crippen LogP contribution is 2.27. The predicted molar refractivity (Wildman–Crippen MR) is 91.6 cm³/mol. The third kappa shape index (κ3) is 3.64. The zero-order chi connectivity index (χ0) is 16.4. The number of carbonyl (C=O) groups excluding carboxylic acids is 1. The van der Waals surface area contributed by atoms with Crippen molar-refractivity contribution in [3.8, 4) is 11.3 Å². The molecule has 1 fully saturated rings. The van der Waals surface area contributed by atoms with Gasteiger partial charge in [0.1, 0.15) is 5.76 Å². The summed E-state index contributed by atoms with van der Waals surface area (Å²) in [5, 5.41) is 6.23. The average molecular weight is 312 g/mol. The predicted octanol–water partition coefficient (Wildman–Crippen LogP) is 3.34. The maximum Gasteiger partial charge on any atom is 0.287 e. The fraction of sp³-hybridized carbons (Fsp3) is 0.421. The lowest BCUT2D eigenvalue weighted by Gasteiger charge is -2.18. The van der Waals surface area contributed by atoms with Crippen LogP contribution in [-0.4, -0.2) is 25.0 Å². The second-order valence-corrected chi connectivity index (χ2v) is 7.15. The summed E-state index contributed by atoms with van der Waals surface area (Å²) in [5.41, 5.74) is 2.39. The minimum absolute atomic E-state index is 0.127. The van der Waals surface area contributed by atoms with Gasteiger partial charge in [0.15, 0.2) is 5.76 Å². The molecule has 1 aliphatic rings. The normalized spacial score (nSPS) is 18.1. The Balaban J connectivity index is 1.72. The molecule has 3 rings (SSSR count). The fourth-order valence-corrected chi connectivity index (χ4v) is 2.78. The van der Waals surface area contributed by atoms with Crippen LogP contribution in [0.4, 0.5) is 0 Å². The summed E-state index contributed by atoms with van der Waals surface area (Å²) in [7, 11) is 0. The Kier molecular flexibility index (Phi) is 4.26. The van der Waals surface area contributed by atoms with Gasteiger partial charge in [0.2, 0.25) is 0 Å². The standard InChI is InChI=1S/C19H24N2O2/c1-19(2,3)14-6-4-13(5-7-14)16-8-9-17(23-16)18(22)21-15-10-11-20-12-15/h4-9,15,20H,10-12H2,1-3H3,(H,21,22). The van der Waals surface area contributed by atoms with Crippen molar-refractivity contribution < 1.29 is 9.21 Å². The summed E-state index contributed by atoms with van der Waals surface area (Å²) in [6.45, 7) is 8.35. The van der Waals surface area contributed by atoms with Crippen LogP contribution in [0.5, 0.6) is 0 Å². The van der Waals surface area contributed by atoms with Crippen LogP contribution in [0.3, 0.4) is 0 Å². The fourth-order valence-electron chi connectivity index (χ4n) is 2.78. The Hall–Kier alpha value is -2.07. The van der Waals surface area contributed by atoms with Crippen molar-refractivity contribution in [1.82, 2.24) is 10.6 Å². The molecular weight excluding hydrogens is 288 g/mol. The van der Waals surface area contributed by atoms with E-state index in [1.54, 1.807) is 6.07 Å². The number of benzene rings is 1. The molecule has 2 aromatic rings. The van der Waals surface area contributed by atoms with E-state index in [2.05, 4.69) is 43.5 Å². The molecule has 0 spiro atoms. The molecule has 122 valence electrons. The lowest BCUT2D eigenvalue weighted by molar-refractivity contribution is 0.0913. The molecule has 1 saturated heterocycles. The van der Waals surface area contributed by atoms with Crippen LogP contribution in [0.25, 0.3) is 11.3 Å². The van der Waals surface area contributed by atoms with Crippen LogP contribution >= 0.6 is 0 Å². The molecule has 1 amide bonds. The van der Waals surface area contributed by atoms with Gasteiger partial charge in [-0.15, -0.1) is 0 Å². The molecule has 1 aliphatic heterocycles. The van der Waals surface area contributed by atoms with Crippen molar-refractivity contribution in [3.63, 3.8) is 0 Å². The average Bonchev–Trinajstić information content (AvgIpc) is 3.17. The van der Waals surface area contributed by atoms with E-state index in [1.807, 2.05) is 18.2 Å². The van der Waals surface area contributed by atoms with Crippen molar-refractivity contribution in [2.45, 2.75) is 38.6 Å². The summed E-state index contributed by atoms with van der Waals surface area (Å²) in [5.74, 6) is 0.947. The van der Waals surface area contributed by atoms with Crippen LogP contribution in [0.1, 0.15) is 43.3 Å².